The highest BCUT2D eigenvalue weighted by Gasteiger charge is 2.44. The first-order valence-corrected chi connectivity index (χ1v) is 14.0. The summed E-state index contributed by atoms with van der Waals surface area (Å²) in [6.45, 7) is 2.86. The molecule has 41 heavy (non-hydrogen) atoms. The van der Waals surface area contributed by atoms with Gasteiger partial charge in [-0.05, 0) is 67.9 Å². The van der Waals surface area contributed by atoms with Gasteiger partial charge in [-0.1, -0.05) is 91.0 Å². The van der Waals surface area contributed by atoms with E-state index in [-0.39, 0.29) is 13.1 Å². The van der Waals surface area contributed by atoms with Gasteiger partial charge in [-0.25, -0.2) is 9.59 Å². The van der Waals surface area contributed by atoms with Crippen LogP contribution >= 0.6 is 0 Å². The Morgan fingerprint density at radius 3 is 1.83 bits per heavy atom. The molecule has 218 valence electrons. The maximum atomic E-state index is 13.6. The van der Waals surface area contributed by atoms with Gasteiger partial charge in [0.2, 0.25) is 0 Å². The Balaban J connectivity index is 1.39. The van der Waals surface area contributed by atoms with Crippen LogP contribution < -0.4 is 0 Å². The Bertz CT molecular complexity index is 1220. The number of carbonyl (C=O) groups excluding carboxylic acids is 2. The van der Waals surface area contributed by atoms with Gasteiger partial charge < -0.3 is 14.6 Å². The molecule has 1 fully saturated rings. The molecule has 4 rings (SSSR count). The fourth-order valence-electron chi connectivity index (χ4n) is 5.09. The van der Waals surface area contributed by atoms with Gasteiger partial charge in [0, 0.05) is 13.1 Å². The molecular weight excluding hydrogens is 531 g/mol. The van der Waals surface area contributed by atoms with Gasteiger partial charge in [0.15, 0.2) is 0 Å². The zero-order valence-electron chi connectivity index (χ0n) is 23.0. The minimum absolute atomic E-state index is 0.174. The normalized spacial score (nSPS) is 14.4. The van der Waals surface area contributed by atoms with Crippen LogP contribution in [0.3, 0.4) is 0 Å². The van der Waals surface area contributed by atoms with Crippen LogP contribution in [0.2, 0.25) is 0 Å². The van der Waals surface area contributed by atoms with Crippen LogP contribution in [0.5, 0.6) is 0 Å². The monoisotopic (exact) mass is 567 g/mol. The van der Waals surface area contributed by atoms with Crippen LogP contribution in [-0.2, 0) is 29.1 Å². The smallest absolute Gasteiger partial charge is 0.328 e. The standard InChI is InChI=1S/C32H36F3N3O3/c33-32(34,35)30(39)41-38(25-29-15-8-3-9-16-29)31(40)37(24-28-13-6-2-7-14-28)20-10-19-36-21-17-27(18-22-36)23-26-11-4-1-5-12-26/h1-9,11-16,27H,10,17-25H2. The van der Waals surface area contributed by atoms with Crippen molar-refractivity contribution >= 4 is 12.0 Å². The first-order chi connectivity index (χ1) is 19.8. The number of rotatable bonds is 10. The van der Waals surface area contributed by atoms with Crippen LogP contribution in [-0.4, -0.2) is 59.2 Å². The average Bonchev–Trinajstić information content (AvgIpc) is 2.98. The third-order valence-corrected chi connectivity index (χ3v) is 7.27. The van der Waals surface area contributed by atoms with E-state index in [1.807, 2.05) is 36.4 Å². The molecule has 6 nitrogen and oxygen atoms in total. The van der Waals surface area contributed by atoms with Gasteiger partial charge in [0.1, 0.15) is 0 Å². The summed E-state index contributed by atoms with van der Waals surface area (Å²) in [7, 11) is 0. The van der Waals surface area contributed by atoms with Gasteiger partial charge >= 0.3 is 18.2 Å². The van der Waals surface area contributed by atoms with Crippen molar-refractivity contribution in [3.05, 3.63) is 108 Å². The summed E-state index contributed by atoms with van der Waals surface area (Å²) in [5.41, 5.74) is 2.71. The maximum Gasteiger partial charge on any atom is 0.493 e. The van der Waals surface area contributed by atoms with Crippen LogP contribution in [0.4, 0.5) is 18.0 Å². The van der Waals surface area contributed by atoms with Crippen LogP contribution in [0.25, 0.3) is 0 Å². The Kier molecular flexibility index (Phi) is 10.8. The number of hydrogen-bond donors (Lipinski definition) is 0. The lowest BCUT2D eigenvalue weighted by atomic mass is 9.90. The number of urea groups is 1. The number of amides is 2. The predicted molar refractivity (Wildman–Crippen MR) is 150 cm³/mol. The van der Waals surface area contributed by atoms with Crippen molar-refractivity contribution < 1.29 is 27.6 Å². The SMILES string of the molecule is O=C(N(CCCN1CCC(Cc2ccccc2)CC1)Cc1ccccc1)N(Cc1ccccc1)OC(=O)C(F)(F)F. The number of halogens is 3. The van der Waals surface area contributed by atoms with E-state index in [4.69, 9.17) is 0 Å². The zero-order valence-corrected chi connectivity index (χ0v) is 23.0. The quantitative estimate of drug-likeness (QED) is 0.263. The number of hydrogen-bond acceptors (Lipinski definition) is 4. The Labute approximate surface area is 239 Å². The highest BCUT2D eigenvalue weighted by atomic mass is 19.4. The van der Waals surface area contributed by atoms with Crippen molar-refractivity contribution in [3.63, 3.8) is 0 Å². The fourth-order valence-corrected chi connectivity index (χ4v) is 5.09. The molecule has 0 saturated carbocycles. The van der Waals surface area contributed by atoms with Gasteiger partial charge in [0.25, 0.3) is 0 Å². The molecular formula is C32H36F3N3O3. The number of piperidine rings is 1. The van der Waals surface area contributed by atoms with E-state index >= 15 is 0 Å². The molecule has 0 atom stereocenters. The predicted octanol–water partition coefficient (Wildman–Crippen LogP) is 6.48. The lowest BCUT2D eigenvalue weighted by molar-refractivity contribution is -0.231. The van der Waals surface area contributed by atoms with E-state index in [9.17, 15) is 22.8 Å². The third-order valence-electron chi connectivity index (χ3n) is 7.27. The minimum atomic E-state index is -5.23. The summed E-state index contributed by atoms with van der Waals surface area (Å²) in [5, 5.41) is 0.517. The van der Waals surface area contributed by atoms with Crippen molar-refractivity contribution in [2.24, 2.45) is 5.92 Å². The zero-order chi connectivity index (χ0) is 29.1. The molecule has 1 saturated heterocycles. The van der Waals surface area contributed by atoms with Crippen molar-refractivity contribution in [2.75, 3.05) is 26.2 Å². The van der Waals surface area contributed by atoms with Gasteiger partial charge in [-0.15, -0.1) is 5.06 Å². The fraction of sp³-hybridized carbons (Fsp3) is 0.375. The van der Waals surface area contributed by atoms with E-state index in [2.05, 4.69) is 34.0 Å². The second kappa shape index (κ2) is 14.7. The van der Waals surface area contributed by atoms with E-state index < -0.39 is 18.2 Å². The molecule has 9 heteroatoms. The number of likely N-dealkylation sites (tertiary alicyclic amines) is 1. The third kappa shape index (κ3) is 9.63. The first kappa shape index (κ1) is 30.1. The molecule has 0 N–H and O–H groups in total. The number of alkyl halides is 3. The minimum Gasteiger partial charge on any atom is -0.328 e. The molecule has 3 aromatic carbocycles. The highest BCUT2D eigenvalue weighted by molar-refractivity contribution is 5.79. The highest BCUT2D eigenvalue weighted by Crippen LogP contribution is 2.23. The molecule has 0 aromatic heterocycles. The number of hydroxylamine groups is 2. The summed E-state index contributed by atoms with van der Waals surface area (Å²) < 4.78 is 39.3. The van der Waals surface area contributed by atoms with Crippen molar-refractivity contribution in [3.8, 4) is 0 Å². The largest absolute Gasteiger partial charge is 0.493 e. The van der Waals surface area contributed by atoms with Crippen LogP contribution in [0.15, 0.2) is 91.0 Å². The van der Waals surface area contributed by atoms with E-state index in [1.165, 1.54) is 10.5 Å². The molecule has 0 unspecified atom stereocenters. The lowest BCUT2D eigenvalue weighted by Crippen LogP contribution is -2.46. The van der Waals surface area contributed by atoms with E-state index in [0.717, 1.165) is 44.5 Å². The molecule has 0 radical (unpaired) electrons. The lowest BCUT2D eigenvalue weighted by Gasteiger charge is -2.33. The number of carbonyl (C=O) groups is 2. The average molecular weight is 568 g/mol. The second-order valence-corrected chi connectivity index (χ2v) is 10.4. The molecule has 3 aromatic rings. The Hall–Kier alpha value is -3.85. The summed E-state index contributed by atoms with van der Waals surface area (Å²) in [5.74, 6) is -1.79. The molecule has 0 spiro atoms. The first-order valence-electron chi connectivity index (χ1n) is 14.0. The molecule has 1 aliphatic heterocycles. The Morgan fingerprint density at radius 2 is 1.29 bits per heavy atom. The topological polar surface area (TPSA) is 53.1 Å². The van der Waals surface area contributed by atoms with E-state index in [1.54, 1.807) is 30.3 Å². The van der Waals surface area contributed by atoms with Gasteiger partial charge in [0.05, 0.1) is 6.54 Å². The second-order valence-electron chi connectivity index (χ2n) is 10.4. The summed E-state index contributed by atoms with van der Waals surface area (Å²) in [4.78, 5) is 33.8. The van der Waals surface area contributed by atoms with E-state index in [0.29, 0.717) is 29.5 Å². The molecule has 1 heterocycles. The molecule has 0 aliphatic carbocycles. The summed E-state index contributed by atoms with van der Waals surface area (Å²) in [6, 6.07) is 27.4. The van der Waals surface area contributed by atoms with Crippen LogP contribution in [0, 0.1) is 5.92 Å². The summed E-state index contributed by atoms with van der Waals surface area (Å²) >= 11 is 0. The molecule has 1 aliphatic rings. The maximum absolute atomic E-state index is 13.6. The van der Waals surface area contributed by atoms with Crippen LogP contribution in [0.1, 0.15) is 36.0 Å². The number of nitrogens with zero attached hydrogens (tertiary/aromatic N) is 3. The molecule has 0 bridgehead atoms. The van der Waals surface area contributed by atoms with Crippen molar-refractivity contribution in [1.29, 1.82) is 0 Å². The van der Waals surface area contributed by atoms with Crippen molar-refractivity contribution in [1.82, 2.24) is 14.9 Å². The summed E-state index contributed by atoms with van der Waals surface area (Å²) in [6.07, 6.45) is -1.33. The van der Waals surface area contributed by atoms with Crippen molar-refractivity contribution in [2.45, 2.75) is 44.9 Å². The number of benzene rings is 3. The Morgan fingerprint density at radius 1 is 0.780 bits per heavy atom. The van der Waals surface area contributed by atoms with Gasteiger partial charge in [-0.3, -0.25) is 0 Å². The van der Waals surface area contributed by atoms with Gasteiger partial charge in [-0.2, -0.15) is 13.2 Å². The molecule has 2 amide bonds.